The van der Waals surface area contributed by atoms with Crippen LogP contribution >= 0.6 is 0 Å². The minimum absolute atomic E-state index is 0.252. The molecule has 0 atom stereocenters. The topological polar surface area (TPSA) is 43.9 Å². The molecule has 4 rings (SSSR count). The van der Waals surface area contributed by atoms with E-state index in [0.717, 1.165) is 71.4 Å². The number of piperazine rings is 1. The Balaban J connectivity index is 1.34. The lowest BCUT2D eigenvalue weighted by atomic mass is 9.63. The highest BCUT2D eigenvalue weighted by molar-refractivity contribution is 5.89. The molecule has 0 unspecified atom stereocenters. The molecule has 2 aliphatic heterocycles. The first-order valence-electron chi connectivity index (χ1n) is 10.0. The van der Waals surface area contributed by atoms with Crippen molar-refractivity contribution in [2.24, 2.45) is 0 Å². The lowest BCUT2D eigenvalue weighted by Crippen LogP contribution is -2.57. The fraction of sp³-hybridized carbons (Fsp3) is 0.619. The van der Waals surface area contributed by atoms with Crippen LogP contribution in [-0.4, -0.2) is 72.3 Å². The van der Waals surface area contributed by atoms with E-state index < -0.39 is 0 Å². The van der Waals surface area contributed by atoms with Gasteiger partial charge in [-0.25, -0.2) is 0 Å². The summed E-state index contributed by atoms with van der Waals surface area (Å²) in [6.07, 6.45) is 5.32. The lowest BCUT2D eigenvalue weighted by Gasteiger charge is -2.46. The fourth-order valence-electron chi connectivity index (χ4n) is 4.58. The summed E-state index contributed by atoms with van der Waals surface area (Å²) in [5, 5.41) is 0. The van der Waals surface area contributed by atoms with Crippen LogP contribution in [0, 0.1) is 0 Å². The molecule has 3 fully saturated rings. The SMILES string of the molecule is O=C(CN1CCN(C(=O)C2(c3ccccc3)CCC2)CC1)N1CCCC1. The molecule has 2 saturated heterocycles. The van der Waals surface area contributed by atoms with Gasteiger partial charge in [0, 0.05) is 39.3 Å². The van der Waals surface area contributed by atoms with Gasteiger partial charge in [0.05, 0.1) is 12.0 Å². The van der Waals surface area contributed by atoms with Crippen LogP contribution in [0.2, 0.25) is 0 Å². The second-order valence-electron chi connectivity index (χ2n) is 7.96. The molecule has 2 amide bonds. The highest BCUT2D eigenvalue weighted by Gasteiger charge is 2.47. The third kappa shape index (κ3) is 3.25. The average molecular weight is 355 g/mol. The number of amides is 2. The minimum atomic E-state index is -0.297. The van der Waals surface area contributed by atoms with Crippen molar-refractivity contribution >= 4 is 11.8 Å². The molecule has 1 aromatic carbocycles. The van der Waals surface area contributed by atoms with Crippen LogP contribution in [0.5, 0.6) is 0 Å². The van der Waals surface area contributed by atoms with Gasteiger partial charge in [0.1, 0.15) is 0 Å². The third-order valence-corrected chi connectivity index (χ3v) is 6.42. The lowest BCUT2D eigenvalue weighted by molar-refractivity contribution is -0.143. The highest BCUT2D eigenvalue weighted by atomic mass is 16.2. The summed E-state index contributed by atoms with van der Waals surface area (Å²) in [5.74, 6) is 0.544. The van der Waals surface area contributed by atoms with Crippen LogP contribution in [0.4, 0.5) is 0 Å². The van der Waals surface area contributed by atoms with Crippen molar-refractivity contribution in [1.82, 2.24) is 14.7 Å². The molecule has 140 valence electrons. The van der Waals surface area contributed by atoms with Crippen LogP contribution in [0.25, 0.3) is 0 Å². The molecule has 5 heteroatoms. The second kappa shape index (κ2) is 7.39. The normalized spacial score (nSPS) is 22.9. The number of likely N-dealkylation sites (tertiary alicyclic amines) is 1. The number of hydrogen-bond donors (Lipinski definition) is 0. The molecule has 1 aromatic rings. The van der Waals surface area contributed by atoms with Gasteiger partial charge in [-0.1, -0.05) is 36.8 Å². The van der Waals surface area contributed by atoms with E-state index in [1.807, 2.05) is 28.0 Å². The summed E-state index contributed by atoms with van der Waals surface area (Å²) >= 11 is 0. The molecule has 1 aliphatic carbocycles. The molecule has 0 aromatic heterocycles. The Morgan fingerprint density at radius 2 is 1.46 bits per heavy atom. The number of hydrogen-bond acceptors (Lipinski definition) is 3. The molecule has 1 saturated carbocycles. The Hall–Kier alpha value is -1.88. The predicted octanol–water partition coefficient (Wildman–Crippen LogP) is 1.87. The number of benzene rings is 1. The average Bonchev–Trinajstić information content (AvgIpc) is 3.17. The quantitative estimate of drug-likeness (QED) is 0.828. The van der Waals surface area contributed by atoms with Crippen molar-refractivity contribution in [2.45, 2.75) is 37.5 Å². The van der Waals surface area contributed by atoms with E-state index in [-0.39, 0.29) is 11.3 Å². The summed E-state index contributed by atoms with van der Waals surface area (Å²) in [5.41, 5.74) is 0.873. The molecular weight excluding hydrogens is 326 g/mol. The number of rotatable bonds is 4. The standard InChI is InChI=1S/C21H29N3O2/c25-19(23-11-4-5-12-23)17-22-13-15-24(16-14-22)20(26)21(9-6-10-21)18-7-2-1-3-8-18/h1-3,7-8H,4-6,9-17H2. The first-order chi connectivity index (χ1) is 12.7. The number of carbonyl (C=O) groups is 2. The van der Waals surface area contributed by atoms with E-state index in [1.165, 1.54) is 5.56 Å². The van der Waals surface area contributed by atoms with Crippen molar-refractivity contribution in [1.29, 1.82) is 0 Å². The maximum Gasteiger partial charge on any atom is 0.236 e. The van der Waals surface area contributed by atoms with Gasteiger partial charge in [0.25, 0.3) is 0 Å². The van der Waals surface area contributed by atoms with Gasteiger partial charge in [0.2, 0.25) is 11.8 Å². The van der Waals surface area contributed by atoms with E-state index in [4.69, 9.17) is 0 Å². The van der Waals surface area contributed by atoms with Crippen molar-refractivity contribution in [3.8, 4) is 0 Å². The fourth-order valence-corrected chi connectivity index (χ4v) is 4.58. The Bertz CT molecular complexity index is 642. The molecule has 0 bridgehead atoms. The summed E-state index contributed by atoms with van der Waals surface area (Å²) in [6, 6.07) is 10.3. The van der Waals surface area contributed by atoms with E-state index in [1.54, 1.807) is 0 Å². The number of carbonyl (C=O) groups excluding carboxylic acids is 2. The van der Waals surface area contributed by atoms with E-state index in [0.29, 0.717) is 12.5 Å². The van der Waals surface area contributed by atoms with Crippen LogP contribution < -0.4 is 0 Å². The maximum atomic E-state index is 13.3. The second-order valence-corrected chi connectivity index (χ2v) is 7.96. The largest absolute Gasteiger partial charge is 0.342 e. The molecule has 0 radical (unpaired) electrons. The van der Waals surface area contributed by atoms with Crippen molar-refractivity contribution in [3.63, 3.8) is 0 Å². The van der Waals surface area contributed by atoms with Crippen molar-refractivity contribution in [3.05, 3.63) is 35.9 Å². The zero-order chi connectivity index (χ0) is 18.0. The molecule has 0 spiro atoms. The van der Waals surface area contributed by atoms with E-state index >= 15 is 0 Å². The van der Waals surface area contributed by atoms with Gasteiger partial charge in [-0.3, -0.25) is 14.5 Å². The first-order valence-corrected chi connectivity index (χ1v) is 10.0. The summed E-state index contributed by atoms with van der Waals surface area (Å²) < 4.78 is 0. The zero-order valence-electron chi connectivity index (χ0n) is 15.5. The zero-order valence-corrected chi connectivity index (χ0v) is 15.5. The number of nitrogens with zero attached hydrogens (tertiary/aromatic N) is 3. The van der Waals surface area contributed by atoms with Gasteiger partial charge in [-0.15, -0.1) is 0 Å². The Morgan fingerprint density at radius 1 is 0.808 bits per heavy atom. The molecule has 3 aliphatic rings. The van der Waals surface area contributed by atoms with E-state index in [9.17, 15) is 9.59 Å². The van der Waals surface area contributed by atoms with Crippen molar-refractivity contribution < 1.29 is 9.59 Å². The Labute approximate surface area is 155 Å². The Morgan fingerprint density at radius 3 is 2.04 bits per heavy atom. The van der Waals surface area contributed by atoms with Crippen LogP contribution in [0.1, 0.15) is 37.7 Å². The molecular formula is C21H29N3O2. The van der Waals surface area contributed by atoms with Crippen LogP contribution in [0.3, 0.4) is 0 Å². The predicted molar refractivity (Wildman–Crippen MR) is 101 cm³/mol. The molecule has 5 nitrogen and oxygen atoms in total. The first kappa shape index (κ1) is 17.5. The molecule has 2 heterocycles. The monoisotopic (exact) mass is 355 g/mol. The van der Waals surface area contributed by atoms with Gasteiger partial charge < -0.3 is 9.80 Å². The summed E-state index contributed by atoms with van der Waals surface area (Å²) in [6.45, 7) is 5.41. The van der Waals surface area contributed by atoms with E-state index in [2.05, 4.69) is 17.0 Å². The van der Waals surface area contributed by atoms with Gasteiger partial charge >= 0.3 is 0 Å². The Kier molecular flexibility index (Phi) is 4.98. The third-order valence-electron chi connectivity index (χ3n) is 6.42. The molecule has 0 N–H and O–H groups in total. The van der Waals surface area contributed by atoms with Gasteiger partial charge in [-0.2, -0.15) is 0 Å². The van der Waals surface area contributed by atoms with Crippen molar-refractivity contribution in [2.75, 3.05) is 45.8 Å². The summed E-state index contributed by atoms with van der Waals surface area (Å²) in [7, 11) is 0. The van der Waals surface area contributed by atoms with Gasteiger partial charge in [0.15, 0.2) is 0 Å². The smallest absolute Gasteiger partial charge is 0.236 e. The molecule has 26 heavy (non-hydrogen) atoms. The van der Waals surface area contributed by atoms with Crippen LogP contribution in [-0.2, 0) is 15.0 Å². The minimum Gasteiger partial charge on any atom is -0.342 e. The van der Waals surface area contributed by atoms with Crippen LogP contribution in [0.15, 0.2) is 30.3 Å². The highest BCUT2D eigenvalue weighted by Crippen LogP contribution is 2.45. The van der Waals surface area contributed by atoms with Gasteiger partial charge in [-0.05, 0) is 31.2 Å². The maximum absolute atomic E-state index is 13.3. The summed E-state index contributed by atoms with van der Waals surface area (Å²) in [4.78, 5) is 31.8.